The lowest BCUT2D eigenvalue weighted by Gasteiger charge is -2.34. The summed E-state index contributed by atoms with van der Waals surface area (Å²) < 4.78 is 5.09. The number of nitrogens with one attached hydrogen (secondary N) is 1. The van der Waals surface area contributed by atoms with Crippen LogP contribution in [0.1, 0.15) is 34.7 Å². The van der Waals surface area contributed by atoms with E-state index < -0.39 is 5.97 Å². The van der Waals surface area contributed by atoms with Gasteiger partial charge in [0.1, 0.15) is 5.69 Å². The number of piperazine rings is 1. The summed E-state index contributed by atoms with van der Waals surface area (Å²) in [5.74, 6) is -0.582. The number of ether oxygens (including phenoxy) is 1. The van der Waals surface area contributed by atoms with Crippen molar-refractivity contribution < 1.29 is 19.1 Å². The number of anilines is 2. The third-order valence-electron chi connectivity index (χ3n) is 4.69. The van der Waals surface area contributed by atoms with Gasteiger partial charge in [-0.15, -0.1) is 0 Å². The summed E-state index contributed by atoms with van der Waals surface area (Å²) in [7, 11) is 0. The summed E-state index contributed by atoms with van der Waals surface area (Å²) in [6.45, 7) is 5.57. The molecule has 1 saturated heterocycles. The third kappa shape index (κ3) is 4.90. The zero-order valence-electron chi connectivity index (χ0n) is 16.6. The van der Waals surface area contributed by atoms with Crippen LogP contribution in [0.2, 0.25) is 0 Å². The van der Waals surface area contributed by atoms with E-state index in [1.54, 1.807) is 53.3 Å². The van der Waals surface area contributed by atoms with Crippen molar-refractivity contribution in [3.05, 3.63) is 53.9 Å². The van der Waals surface area contributed by atoms with Crippen LogP contribution < -0.4 is 5.32 Å². The van der Waals surface area contributed by atoms with Gasteiger partial charge in [0.05, 0.1) is 17.9 Å². The van der Waals surface area contributed by atoms with Gasteiger partial charge in [0.2, 0.25) is 5.91 Å². The van der Waals surface area contributed by atoms with E-state index in [-0.39, 0.29) is 18.4 Å². The maximum Gasteiger partial charge on any atom is 0.340 e. The van der Waals surface area contributed by atoms with E-state index in [0.29, 0.717) is 48.8 Å². The molecule has 8 nitrogen and oxygen atoms in total. The Morgan fingerprint density at radius 3 is 2.45 bits per heavy atom. The first-order valence-corrected chi connectivity index (χ1v) is 9.53. The Hall–Kier alpha value is -3.42. The minimum Gasteiger partial charge on any atom is -0.462 e. The van der Waals surface area contributed by atoms with Crippen LogP contribution in [0.3, 0.4) is 0 Å². The lowest BCUT2D eigenvalue weighted by Crippen LogP contribution is -2.50. The Morgan fingerprint density at radius 2 is 1.76 bits per heavy atom. The summed E-state index contributed by atoms with van der Waals surface area (Å²) in [5.41, 5.74) is 1.95. The van der Waals surface area contributed by atoms with Gasteiger partial charge in [-0.05, 0) is 31.2 Å². The fourth-order valence-corrected chi connectivity index (χ4v) is 3.15. The molecule has 0 bridgehead atoms. The van der Waals surface area contributed by atoms with E-state index in [2.05, 4.69) is 10.3 Å². The highest BCUT2D eigenvalue weighted by molar-refractivity contribution is 5.97. The van der Waals surface area contributed by atoms with Crippen molar-refractivity contribution in [3.63, 3.8) is 0 Å². The standard InChI is InChI=1S/C21H24N4O4/c1-3-29-21(28)17-6-4-5-7-18(17)23-16-8-9-22-19(14-16)20(27)25-12-10-24(11-13-25)15(2)26/h4-9,14H,3,10-13H2,1-2H3,(H,22,23). The van der Waals surface area contributed by atoms with Crippen molar-refractivity contribution in [1.29, 1.82) is 0 Å². The number of amides is 2. The van der Waals surface area contributed by atoms with Crippen LogP contribution in [0.15, 0.2) is 42.6 Å². The first-order chi connectivity index (χ1) is 14.0. The number of benzene rings is 1. The number of aromatic nitrogens is 1. The van der Waals surface area contributed by atoms with Crippen LogP contribution in [0, 0.1) is 0 Å². The van der Waals surface area contributed by atoms with Crippen LogP contribution in [0.5, 0.6) is 0 Å². The minimum atomic E-state index is -0.413. The molecular formula is C21H24N4O4. The minimum absolute atomic E-state index is 0.0155. The van der Waals surface area contributed by atoms with Crippen LogP contribution in [0.4, 0.5) is 11.4 Å². The molecule has 1 aliphatic rings. The number of pyridine rings is 1. The van der Waals surface area contributed by atoms with Crippen LogP contribution >= 0.6 is 0 Å². The fourth-order valence-electron chi connectivity index (χ4n) is 3.15. The van der Waals surface area contributed by atoms with Gasteiger partial charge in [-0.2, -0.15) is 0 Å². The summed E-state index contributed by atoms with van der Waals surface area (Å²) in [6.07, 6.45) is 1.55. The van der Waals surface area contributed by atoms with E-state index in [9.17, 15) is 14.4 Å². The SMILES string of the molecule is CCOC(=O)c1ccccc1Nc1ccnc(C(=O)N2CCN(C(C)=O)CC2)c1. The molecule has 2 aromatic rings. The van der Waals surface area contributed by atoms with Crippen molar-refractivity contribution in [3.8, 4) is 0 Å². The maximum atomic E-state index is 12.8. The smallest absolute Gasteiger partial charge is 0.340 e. The van der Waals surface area contributed by atoms with Gasteiger partial charge >= 0.3 is 5.97 Å². The van der Waals surface area contributed by atoms with Crippen molar-refractivity contribution in [1.82, 2.24) is 14.8 Å². The highest BCUT2D eigenvalue weighted by Crippen LogP contribution is 2.22. The Labute approximate surface area is 169 Å². The average Bonchev–Trinajstić information content (AvgIpc) is 2.74. The molecule has 1 fully saturated rings. The molecule has 1 N–H and O–H groups in total. The highest BCUT2D eigenvalue weighted by atomic mass is 16.5. The first kappa shape index (κ1) is 20.3. The Morgan fingerprint density at radius 1 is 1.07 bits per heavy atom. The van der Waals surface area contributed by atoms with Gasteiger partial charge in [0.15, 0.2) is 0 Å². The molecule has 0 saturated carbocycles. The Balaban J connectivity index is 1.73. The van der Waals surface area contributed by atoms with Crippen LogP contribution in [0.25, 0.3) is 0 Å². The van der Waals surface area contributed by atoms with Crippen molar-refractivity contribution in [2.75, 3.05) is 38.1 Å². The van der Waals surface area contributed by atoms with E-state index in [0.717, 1.165) is 0 Å². The summed E-state index contributed by atoms with van der Waals surface area (Å²) in [5, 5.41) is 3.17. The maximum absolute atomic E-state index is 12.8. The predicted molar refractivity (Wildman–Crippen MR) is 108 cm³/mol. The van der Waals surface area contributed by atoms with Crippen molar-refractivity contribution in [2.45, 2.75) is 13.8 Å². The van der Waals surface area contributed by atoms with Gasteiger partial charge < -0.3 is 19.9 Å². The van der Waals surface area contributed by atoms with Crippen molar-refractivity contribution in [2.24, 2.45) is 0 Å². The zero-order chi connectivity index (χ0) is 20.8. The van der Waals surface area contributed by atoms with E-state index in [1.807, 2.05) is 6.07 Å². The Kier molecular flexibility index (Phi) is 6.43. The first-order valence-electron chi connectivity index (χ1n) is 9.53. The molecule has 0 atom stereocenters. The largest absolute Gasteiger partial charge is 0.462 e. The third-order valence-corrected chi connectivity index (χ3v) is 4.69. The molecule has 29 heavy (non-hydrogen) atoms. The topological polar surface area (TPSA) is 91.8 Å². The van der Waals surface area contributed by atoms with Crippen molar-refractivity contribution >= 4 is 29.2 Å². The number of hydrogen-bond acceptors (Lipinski definition) is 6. The van der Waals surface area contributed by atoms with Gasteiger partial charge in [0.25, 0.3) is 5.91 Å². The summed E-state index contributed by atoms with van der Waals surface area (Å²) in [6, 6.07) is 10.4. The van der Waals surface area contributed by atoms with E-state index in [1.165, 1.54) is 6.92 Å². The number of carbonyl (C=O) groups is 3. The number of esters is 1. The second kappa shape index (κ2) is 9.18. The van der Waals surface area contributed by atoms with Gasteiger partial charge in [-0.25, -0.2) is 4.79 Å². The normalized spacial score (nSPS) is 13.7. The molecular weight excluding hydrogens is 372 g/mol. The van der Waals surface area contributed by atoms with E-state index >= 15 is 0 Å². The monoisotopic (exact) mass is 396 g/mol. The molecule has 2 heterocycles. The summed E-state index contributed by atoms with van der Waals surface area (Å²) >= 11 is 0. The fraction of sp³-hybridized carbons (Fsp3) is 0.333. The summed E-state index contributed by atoms with van der Waals surface area (Å²) in [4.78, 5) is 44.0. The molecule has 152 valence electrons. The molecule has 2 amide bonds. The van der Waals surface area contributed by atoms with Crippen LogP contribution in [-0.2, 0) is 9.53 Å². The number of rotatable bonds is 5. The number of para-hydroxylation sites is 1. The lowest BCUT2D eigenvalue weighted by atomic mass is 10.1. The van der Waals surface area contributed by atoms with Crippen LogP contribution in [-0.4, -0.2) is 65.4 Å². The van der Waals surface area contributed by atoms with Gasteiger partial charge in [-0.1, -0.05) is 12.1 Å². The molecule has 1 aliphatic heterocycles. The predicted octanol–water partition coefficient (Wildman–Crippen LogP) is 2.31. The number of carbonyl (C=O) groups excluding carboxylic acids is 3. The Bertz CT molecular complexity index is 907. The zero-order valence-corrected chi connectivity index (χ0v) is 16.6. The second-order valence-electron chi connectivity index (χ2n) is 6.62. The van der Waals surface area contributed by atoms with Gasteiger partial charge in [-0.3, -0.25) is 14.6 Å². The molecule has 0 radical (unpaired) electrons. The quantitative estimate of drug-likeness (QED) is 0.780. The molecule has 0 aliphatic carbocycles. The second-order valence-corrected chi connectivity index (χ2v) is 6.62. The van der Waals surface area contributed by atoms with Gasteiger partial charge in [0, 0.05) is 45.0 Å². The van der Waals surface area contributed by atoms with E-state index in [4.69, 9.17) is 4.74 Å². The molecule has 3 rings (SSSR count). The lowest BCUT2D eigenvalue weighted by molar-refractivity contribution is -0.130. The molecule has 0 unspecified atom stereocenters. The average molecular weight is 396 g/mol. The molecule has 0 spiro atoms. The number of hydrogen-bond donors (Lipinski definition) is 1. The highest BCUT2D eigenvalue weighted by Gasteiger charge is 2.24. The molecule has 1 aromatic heterocycles. The number of nitrogens with zero attached hydrogens (tertiary/aromatic N) is 3. The molecule has 1 aromatic carbocycles. The molecule has 8 heteroatoms.